The maximum atomic E-state index is 12.9. The first-order valence-electron chi connectivity index (χ1n) is 9.54. The number of fused-ring (bicyclic) bond motifs is 1. The molecule has 2 aliphatic rings. The highest BCUT2D eigenvalue weighted by Crippen LogP contribution is 2.35. The van der Waals surface area contributed by atoms with Gasteiger partial charge < -0.3 is 19.4 Å². The SMILES string of the molecule is Cc1cc(C=C2NC(=O)N(c3ccccc3)C2=O)c(C)n1-c1ccc2c(c1)OCO2. The molecule has 3 heterocycles. The number of nitrogens with one attached hydrogen (secondary N) is 1. The van der Waals surface area contributed by atoms with Crippen LogP contribution in [0, 0.1) is 13.8 Å². The number of benzene rings is 2. The molecule has 0 bridgehead atoms. The Labute approximate surface area is 173 Å². The van der Waals surface area contributed by atoms with Crippen molar-refractivity contribution >= 4 is 23.7 Å². The first-order chi connectivity index (χ1) is 14.5. The van der Waals surface area contributed by atoms with Gasteiger partial charge in [0.1, 0.15) is 5.70 Å². The van der Waals surface area contributed by atoms with Crippen LogP contribution in [-0.4, -0.2) is 23.3 Å². The van der Waals surface area contributed by atoms with Gasteiger partial charge in [-0.1, -0.05) is 18.2 Å². The van der Waals surface area contributed by atoms with Crippen LogP contribution in [0.1, 0.15) is 17.0 Å². The largest absolute Gasteiger partial charge is 0.454 e. The minimum absolute atomic E-state index is 0.222. The summed E-state index contributed by atoms with van der Waals surface area (Å²) in [5.74, 6) is 1.06. The molecule has 3 aromatic rings. The molecule has 7 heteroatoms. The minimum atomic E-state index is -0.456. The van der Waals surface area contributed by atoms with E-state index in [-0.39, 0.29) is 18.4 Å². The number of anilines is 1. The molecule has 2 aliphatic heterocycles. The molecule has 0 saturated carbocycles. The van der Waals surface area contributed by atoms with E-state index >= 15 is 0 Å². The molecule has 0 atom stereocenters. The van der Waals surface area contributed by atoms with Gasteiger partial charge in [-0.05, 0) is 55.8 Å². The fourth-order valence-corrected chi connectivity index (χ4v) is 3.86. The van der Waals surface area contributed by atoms with Crippen LogP contribution in [0.4, 0.5) is 10.5 Å². The summed E-state index contributed by atoms with van der Waals surface area (Å²) in [5, 5.41) is 2.68. The van der Waals surface area contributed by atoms with Crippen molar-refractivity contribution in [2.24, 2.45) is 0 Å². The lowest BCUT2D eigenvalue weighted by molar-refractivity contribution is -0.113. The molecule has 30 heavy (non-hydrogen) atoms. The number of hydrogen-bond acceptors (Lipinski definition) is 4. The van der Waals surface area contributed by atoms with Gasteiger partial charge in [0.25, 0.3) is 5.91 Å². The smallest absolute Gasteiger partial charge is 0.333 e. The minimum Gasteiger partial charge on any atom is -0.454 e. The second kappa shape index (κ2) is 6.81. The van der Waals surface area contributed by atoms with Gasteiger partial charge >= 0.3 is 6.03 Å². The number of para-hydroxylation sites is 1. The fraction of sp³-hybridized carbons (Fsp3) is 0.130. The summed E-state index contributed by atoms with van der Waals surface area (Å²) >= 11 is 0. The van der Waals surface area contributed by atoms with E-state index in [1.54, 1.807) is 30.3 Å². The fourth-order valence-electron chi connectivity index (χ4n) is 3.86. The number of aryl methyl sites for hydroxylation is 1. The standard InChI is InChI=1S/C23H19N3O4/c1-14-10-16(15(2)25(14)18-8-9-20-21(12-18)30-13-29-20)11-19-22(27)26(23(28)24-19)17-6-4-3-5-7-17/h3-12H,13H2,1-2H3,(H,24,28). The molecule has 1 aromatic heterocycles. The van der Waals surface area contributed by atoms with Gasteiger partial charge in [0.2, 0.25) is 6.79 Å². The Balaban J connectivity index is 1.50. The molecule has 0 unspecified atom stereocenters. The summed E-state index contributed by atoms with van der Waals surface area (Å²) < 4.78 is 13.0. The number of nitrogens with zero attached hydrogens (tertiary/aromatic N) is 2. The summed E-state index contributed by atoms with van der Waals surface area (Å²) in [7, 11) is 0. The summed E-state index contributed by atoms with van der Waals surface area (Å²) in [4.78, 5) is 26.4. The van der Waals surface area contributed by atoms with Gasteiger partial charge in [-0.2, -0.15) is 0 Å². The molecule has 0 spiro atoms. The van der Waals surface area contributed by atoms with Crippen molar-refractivity contribution in [2.75, 3.05) is 11.7 Å². The number of urea groups is 1. The molecule has 0 radical (unpaired) electrons. The van der Waals surface area contributed by atoms with Gasteiger partial charge in [0, 0.05) is 23.1 Å². The molecule has 3 amide bonds. The van der Waals surface area contributed by atoms with Gasteiger partial charge in [-0.3, -0.25) is 4.79 Å². The van der Waals surface area contributed by atoms with Crippen molar-refractivity contribution < 1.29 is 19.1 Å². The van der Waals surface area contributed by atoms with Crippen molar-refractivity contribution in [3.63, 3.8) is 0 Å². The topological polar surface area (TPSA) is 72.8 Å². The average Bonchev–Trinajstić information content (AvgIpc) is 3.39. The first-order valence-corrected chi connectivity index (χ1v) is 9.54. The van der Waals surface area contributed by atoms with Gasteiger partial charge in [0.15, 0.2) is 11.5 Å². The van der Waals surface area contributed by atoms with Crippen molar-refractivity contribution in [1.82, 2.24) is 9.88 Å². The van der Waals surface area contributed by atoms with E-state index in [2.05, 4.69) is 9.88 Å². The zero-order valence-electron chi connectivity index (χ0n) is 16.5. The molecule has 1 N–H and O–H groups in total. The average molecular weight is 401 g/mol. The number of amides is 3. The number of hydrogen-bond donors (Lipinski definition) is 1. The second-order valence-corrected chi connectivity index (χ2v) is 7.16. The number of imide groups is 1. The van der Waals surface area contributed by atoms with Crippen molar-refractivity contribution in [3.8, 4) is 17.2 Å². The molecular formula is C23H19N3O4. The van der Waals surface area contributed by atoms with Gasteiger partial charge in [-0.15, -0.1) is 0 Å². The number of ether oxygens (including phenoxy) is 2. The maximum absolute atomic E-state index is 12.9. The summed E-state index contributed by atoms with van der Waals surface area (Å²) in [6.45, 7) is 4.19. The number of carbonyl (C=O) groups is 2. The molecule has 150 valence electrons. The highest BCUT2D eigenvalue weighted by molar-refractivity contribution is 6.28. The maximum Gasteiger partial charge on any atom is 0.333 e. The zero-order chi connectivity index (χ0) is 20.8. The Morgan fingerprint density at radius 3 is 2.50 bits per heavy atom. The number of rotatable bonds is 3. The predicted octanol–water partition coefficient (Wildman–Crippen LogP) is 3.92. The number of carbonyl (C=O) groups excluding carboxylic acids is 2. The molecule has 5 rings (SSSR count). The van der Waals surface area contributed by atoms with Crippen LogP contribution < -0.4 is 19.7 Å². The third-order valence-corrected chi connectivity index (χ3v) is 5.28. The summed E-state index contributed by atoms with van der Waals surface area (Å²) in [6, 6.07) is 16.2. The third kappa shape index (κ3) is 2.83. The Bertz CT molecular complexity index is 1210. The molecule has 7 nitrogen and oxygen atoms in total. The van der Waals surface area contributed by atoms with E-state index in [1.807, 2.05) is 44.2 Å². The Morgan fingerprint density at radius 1 is 0.933 bits per heavy atom. The van der Waals surface area contributed by atoms with Crippen molar-refractivity contribution in [2.45, 2.75) is 13.8 Å². The van der Waals surface area contributed by atoms with E-state index in [0.717, 1.165) is 33.3 Å². The summed E-state index contributed by atoms with van der Waals surface area (Å²) in [6.07, 6.45) is 1.72. The molecule has 2 aromatic carbocycles. The highest BCUT2D eigenvalue weighted by atomic mass is 16.7. The third-order valence-electron chi connectivity index (χ3n) is 5.28. The number of aromatic nitrogens is 1. The Hall–Kier alpha value is -4.00. The van der Waals surface area contributed by atoms with E-state index in [0.29, 0.717) is 11.4 Å². The molecular weight excluding hydrogens is 382 g/mol. The van der Waals surface area contributed by atoms with Crippen LogP contribution in [0.15, 0.2) is 60.3 Å². The van der Waals surface area contributed by atoms with Crippen LogP contribution in [0.2, 0.25) is 0 Å². The second-order valence-electron chi connectivity index (χ2n) is 7.16. The van der Waals surface area contributed by atoms with Gasteiger partial charge in [-0.25, -0.2) is 9.69 Å². The van der Waals surface area contributed by atoms with Crippen LogP contribution in [0.3, 0.4) is 0 Å². The Morgan fingerprint density at radius 2 is 1.70 bits per heavy atom. The van der Waals surface area contributed by atoms with Crippen molar-refractivity contribution in [1.29, 1.82) is 0 Å². The lowest BCUT2D eigenvalue weighted by Gasteiger charge is -2.11. The summed E-state index contributed by atoms with van der Waals surface area (Å²) in [5.41, 5.74) is 4.51. The predicted molar refractivity (Wildman–Crippen MR) is 112 cm³/mol. The normalized spacial score (nSPS) is 16.5. The van der Waals surface area contributed by atoms with Crippen LogP contribution in [0.5, 0.6) is 11.5 Å². The van der Waals surface area contributed by atoms with E-state index < -0.39 is 6.03 Å². The Kier molecular flexibility index (Phi) is 4.10. The van der Waals surface area contributed by atoms with Crippen LogP contribution in [0.25, 0.3) is 11.8 Å². The van der Waals surface area contributed by atoms with Gasteiger partial charge in [0.05, 0.1) is 5.69 Å². The molecule has 1 saturated heterocycles. The van der Waals surface area contributed by atoms with Crippen LogP contribution >= 0.6 is 0 Å². The van der Waals surface area contributed by atoms with Crippen molar-refractivity contribution in [3.05, 3.63) is 77.2 Å². The molecule has 1 fully saturated rings. The van der Waals surface area contributed by atoms with E-state index in [1.165, 1.54) is 0 Å². The van der Waals surface area contributed by atoms with Crippen LogP contribution in [-0.2, 0) is 4.79 Å². The monoisotopic (exact) mass is 401 g/mol. The van der Waals surface area contributed by atoms with E-state index in [9.17, 15) is 9.59 Å². The molecule has 0 aliphatic carbocycles. The lowest BCUT2D eigenvalue weighted by Crippen LogP contribution is -2.30. The first kappa shape index (κ1) is 18.1. The quantitative estimate of drug-likeness (QED) is 0.533. The van der Waals surface area contributed by atoms with E-state index in [4.69, 9.17) is 9.47 Å². The zero-order valence-corrected chi connectivity index (χ0v) is 16.5. The highest BCUT2D eigenvalue weighted by Gasteiger charge is 2.35. The lowest BCUT2D eigenvalue weighted by atomic mass is 10.2.